The summed E-state index contributed by atoms with van der Waals surface area (Å²) in [6.07, 6.45) is 0.690. The molecule has 0 atom stereocenters. The van der Waals surface area contributed by atoms with Crippen molar-refractivity contribution in [3.05, 3.63) is 44.0 Å². The SMILES string of the molecule is CCOC(=O)c1c(NC(=O)c2ccc([N+](=O)[O-])o2)sc2c1CCN(CC)C2. The van der Waals surface area contributed by atoms with Crippen molar-refractivity contribution in [1.29, 1.82) is 0 Å². The number of carbonyl (C=O) groups is 2. The Balaban J connectivity index is 1.91. The number of carbonyl (C=O) groups excluding carboxylic acids is 2. The number of hydrogen-bond acceptors (Lipinski definition) is 8. The molecule has 1 N–H and O–H groups in total. The predicted octanol–water partition coefficient (Wildman–Crippen LogP) is 3.06. The lowest BCUT2D eigenvalue weighted by Crippen LogP contribution is -2.30. The van der Waals surface area contributed by atoms with Crippen LogP contribution in [-0.4, -0.2) is 41.4 Å². The highest BCUT2D eigenvalue weighted by molar-refractivity contribution is 7.17. The molecule has 3 rings (SSSR count). The van der Waals surface area contributed by atoms with Crippen LogP contribution >= 0.6 is 11.3 Å². The van der Waals surface area contributed by atoms with Gasteiger partial charge in [-0.15, -0.1) is 11.3 Å². The van der Waals surface area contributed by atoms with Gasteiger partial charge in [-0.05, 0) is 31.5 Å². The largest absolute Gasteiger partial charge is 0.462 e. The molecule has 0 saturated heterocycles. The summed E-state index contributed by atoms with van der Waals surface area (Å²) in [7, 11) is 0. The van der Waals surface area contributed by atoms with E-state index in [4.69, 9.17) is 9.15 Å². The van der Waals surface area contributed by atoms with Crippen molar-refractivity contribution < 1.29 is 23.7 Å². The van der Waals surface area contributed by atoms with Crippen molar-refractivity contribution in [3.63, 3.8) is 0 Å². The second kappa shape index (κ2) is 7.89. The van der Waals surface area contributed by atoms with Crippen LogP contribution in [0.25, 0.3) is 0 Å². The third kappa shape index (κ3) is 3.86. The number of rotatable bonds is 6. The number of likely N-dealkylation sites (N-methyl/N-ethyl adjacent to an activating group) is 1. The van der Waals surface area contributed by atoms with Gasteiger partial charge in [-0.1, -0.05) is 6.92 Å². The zero-order valence-corrected chi connectivity index (χ0v) is 15.8. The molecule has 0 spiro atoms. The quantitative estimate of drug-likeness (QED) is 0.455. The Morgan fingerprint density at radius 1 is 1.41 bits per heavy atom. The number of ether oxygens (including phenoxy) is 1. The highest BCUT2D eigenvalue weighted by Gasteiger charge is 2.30. The summed E-state index contributed by atoms with van der Waals surface area (Å²) in [6.45, 7) is 6.43. The van der Waals surface area contributed by atoms with E-state index in [2.05, 4.69) is 17.1 Å². The van der Waals surface area contributed by atoms with Crippen molar-refractivity contribution >= 4 is 34.1 Å². The Bertz CT molecular complexity index is 887. The lowest BCUT2D eigenvalue weighted by atomic mass is 10.0. The highest BCUT2D eigenvalue weighted by Crippen LogP contribution is 2.38. The third-order valence-electron chi connectivity index (χ3n) is 4.29. The van der Waals surface area contributed by atoms with Crippen LogP contribution in [0.1, 0.15) is 45.2 Å². The standard InChI is InChI=1S/C17H19N3O6S/c1-3-19-8-7-10-12(9-19)27-16(14(10)17(22)25-4-2)18-15(21)11-5-6-13(26-11)20(23)24/h5-6H,3-4,7-9H2,1-2H3,(H,18,21). The average molecular weight is 393 g/mol. The molecule has 3 heterocycles. The molecule has 9 nitrogen and oxygen atoms in total. The molecule has 0 saturated carbocycles. The minimum atomic E-state index is -0.718. The summed E-state index contributed by atoms with van der Waals surface area (Å²) >= 11 is 1.32. The maximum absolute atomic E-state index is 12.5. The van der Waals surface area contributed by atoms with Crippen LogP contribution in [0, 0.1) is 10.1 Å². The van der Waals surface area contributed by atoms with Gasteiger partial charge in [-0.2, -0.15) is 0 Å². The topological polar surface area (TPSA) is 115 Å². The summed E-state index contributed by atoms with van der Waals surface area (Å²) in [6, 6.07) is 2.34. The summed E-state index contributed by atoms with van der Waals surface area (Å²) < 4.78 is 10.1. The van der Waals surface area contributed by atoms with E-state index in [9.17, 15) is 19.7 Å². The van der Waals surface area contributed by atoms with E-state index in [0.717, 1.165) is 29.6 Å². The fraction of sp³-hybridized carbons (Fsp3) is 0.412. The smallest absolute Gasteiger partial charge is 0.433 e. The molecule has 0 radical (unpaired) electrons. The number of hydrogen-bond donors (Lipinski definition) is 1. The molecule has 1 amide bonds. The molecule has 27 heavy (non-hydrogen) atoms. The zero-order chi connectivity index (χ0) is 19.6. The van der Waals surface area contributed by atoms with E-state index in [1.807, 2.05) is 0 Å². The Labute approximate surface area is 159 Å². The Hall–Kier alpha value is -2.72. The lowest BCUT2D eigenvalue weighted by molar-refractivity contribution is -0.402. The van der Waals surface area contributed by atoms with Crippen LogP contribution in [0.2, 0.25) is 0 Å². The van der Waals surface area contributed by atoms with Gasteiger partial charge in [0.25, 0.3) is 5.91 Å². The molecule has 0 aromatic carbocycles. The van der Waals surface area contributed by atoms with Crippen LogP contribution in [0.3, 0.4) is 0 Å². The number of anilines is 1. The number of esters is 1. The zero-order valence-electron chi connectivity index (χ0n) is 14.9. The van der Waals surface area contributed by atoms with Crippen molar-refractivity contribution in [1.82, 2.24) is 4.90 Å². The molecular formula is C17H19N3O6S. The number of nitro groups is 1. The van der Waals surface area contributed by atoms with Crippen LogP contribution in [0.15, 0.2) is 16.5 Å². The van der Waals surface area contributed by atoms with Gasteiger partial charge in [-0.3, -0.25) is 19.8 Å². The third-order valence-corrected chi connectivity index (χ3v) is 5.42. The summed E-state index contributed by atoms with van der Waals surface area (Å²) in [5.41, 5.74) is 1.26. The Morgan fingerprint density at radius 2 is 2.19 bits per heavy atom. The first-order chi connectivity index (χ1) is 12.9. The molecule has 2 aromatic rings. The maximum atomic E-state index is 12.5. The molecule has 0 bridgehead atoms. The normalized spacial score (nSPS) is 13.9. The molecule has 144 valence electrons. The van der Waals surface area contributed by atoms with Crippen LogP contribution in [-0.2, 0) is 17.7 Å². The fourth-order valence-corrected chi connectivity index (χ4v) is 4.22. The van der Waals surface area contributed by atoms with Crippen LogP contribution in [0.5, 0.6) is 0 Å². The average Bonchev–Trinajstić information content (AvgIpc) is 3.26. The van der Waals surface area contributed by atoms with Gasteiger partial charge in [0, 0.05) is 18.0 Å². The van der Waals surface area contributed by atoms with Crippen molar-refractivity contribution in [2.75, 3.05) is 25.0 Å². The molecule has 0 aliphatic carbocycles. The number of furan rings is 1. The number of fused-ring (bicyclic) bond motifs is 1. The fourth-order valence-electron chi connectivity index (χ4n) is 2.95. The monoisotopic (exact) mass is 393 g/mol. The van der Waals surface area contributed by atoms with Gasteiger partial charge < -0.3 is 14.5 Å². The van der Waals surface area contributed by atoms with Gasteiger partial charge >= 0.3 is 11.9 Å². The molecule has 1 aliphatic rings. The molecule has 0 fully saturated rings. The minimum absolute atomic E-state index is 0.196. The predicted molar refractivity (Wildman–Crippen MR) is 98.2 cm³/mol. The van der Waals surface area contributed by atoms with E-state index < -0.39 is 22.7 Å². The van der Waals surface area contributed by atoms with Crippen LogP contribution in [0.4, 0.5) is 10.9 Å². The van der Waals surface area contributed by atoms with Crippen molar-refractivity contribution in [3.8, 4) is 0 Å². The Kier molecular flexibility index (Phi) is 5.57. The summed E-state index contributed by atoms with van der Waals surface area (Å²) in [4.78, 5) is 38.2. The summed E-state index contributed by atoms with van der Waals surface area (Å²) in [5.74, 6) is -1.85. The van der Waals surface area contributed by atoms with Crippen molar-refractivity contribution in [2.24, 2.45) is 0 Å². The van der Waals surface area contributed by atoms with Gasteiger partial charge in [0.15, 0.2) is 5.76 Å². The summed E-state index contributed by atoms with van der Waals surface area (Å²) in [5, 5.41) is 13.7. The molecule has 1 aliphatic heterocycles. The number of thiophene rings is 1. The second-order valence-electron chi connectivity index (χ2n) is 5.90. The first kappa shape index (κ1) is 19.1. The number of nitrogens with one attached hydrogen (secondary N) is 1. The minimum Gasteiger partial charge on any atom is -0.462 e. The molecule has 10 heteroatoms. The van der Waals surface area contributed by atoms with E-state index in [-0.39, 0.29) is 12.4 Å². The van der Waals surface area contributed by atoms with Gasteiger partial charge in [0.05, 0.1) is 18.2 Å². The second-order valence-corrected chi connectivity index (χ2v) is 7.00. The van der Waals surface area contributed by atoms with E-state index >= 15 is 0 Å². The maximum Gasteiger partial charge on any atom is 0.433 e. The van der Waals surface area contributed by atoms with Gasteiger partial charge in [0.2, 0.25) is 0 Å². The molecule has 0 unspecified atom stereocenters. The first-order valence-corrected chi connectivity index (χ1v) is 9.35. The number of amides is 1. The molecular weight excluding hydrogens is 374 g/mol. The van der Waals surface area contributed by atoms with E-state index in [0.29, 0.717) is 23.5 Å². The Morgan fingerprint density at radius 3 is 2.81 bits per heavy atom. The lowest BCUT2D eigenvalue weighted by Gasteiger charge is -2.25. The number of nitrogens with zero attached hydrogens (tertiary/aromatic N) is 2. The van der Waals surface area contributed by atoms with E-state index in [1.165, 1.54) is 17.4 Å². The van der Waals surface area contributed by atoms with Crippen molar-refractivity contribution in [2.45, 2.75) is 26.8 Å². The molecule has 2 aromatic heterocycles. The van der Waals surface area contributed by atoms with Crippen LogP contribution < -0.4 is 5.32 Å². The van der Waals surface area contributed by atoms with Gasteiger partial charge in [0.1, 0.15) is 9.92 Å². The van der Waals surface area contributed by atoms with Gasteiger partial charge in [-0.25, -0.2) is 4.79 Å². The first-order valence-electron chi connectivity index (χ1n) is 8.54. The highest BCUT2D eigenvalue weighted by atomic mass is 32.1. The van der Waals surface area contributed by atoms with E-state index in [1.54, 1.807) is 6.92 Å².